The number of hydrogen-bond acceptors (Lipinski definition) is 5. The van der Waals surface area contributed by atoms with Gasteiger partial charge in [-0.05, 0) is 53.5 Å². The highest BCUT2D eigenvalue weighted by molar-refractivity contribution is 7.80. The first kappa shape index (κ1) is 20.9. The number of nitrogens with one attached hydrogen (secondary N) is 2. The zero-order valence-corrected chi connectivity index (χ0v) is 18.3. The van der Waals surface area contributed by atoms with E-state index in [1.165, 1.54) is 6.07 Å². The number of nitrogens with zero attached hydrogens (tertiary/aromatic N) is 2. The summed E-state index contributed by atoms with van der Waals surface area (Å²) in [6.07, 6.45) is 1.93. The molecule has 0 aliphatic rings. The van der Waals surface area contributed by atoms with Gasteiger partial charge in [0.1, 0.15) is 5.82 Å². The Morgan fingerprint density at radius 2 is 1.94 bits per heavy atom. The van der Waals surface area contributed by atoms with Crippen LogP contribution in [0.5, 0.6) is 0 Å². The minimum Gasteiger partial charge on any atom is -0.341 e. The second-order valence-electron chi connectivity index (χ2n) is 6.85. The average Bonchev–Trinajstić information content (AvgIpc) is 3.23. The Labute approximate surface area is 188 Å². The number of benzene rings is 2. The molecule has 0 spiro atoms. The molecule has 0 atom stereocenters. The van der Waals surface area contributed by atoms with Crippen LogP contribution in [0.2, 0.25) is 0 Å². The molecule has 1 amide bonds. The van der Waals surface area contributed by atoms with Crippen molar-refractivity contribution in [2.24, 2.45) is 0 Å². The molecule has 2 aromatic heterocycles. The number of aromatic nitrogens is 1. The maximum Gasteiger partial charge on any atom is 0.230 e. The summed E-state index contributed by atoms with van der Waals surface area (Å²) in [6, 6.07) is 17.9. The normalized spacial score (nSPS) is 10.6. The number of halogens is 1. The zero-order valence-electron chi connectivity index (χ0n) is 16.6. The van der Waals surface area contributed by atoms with E-state index >= 15 is 0 Å². The van der Waals surface area contributed by atoms with E-state index in [1.54, 1.807) is 34.6 Å². The molecule has 5 nitrogen and oxygen atoms in total. The summed E-state index contributed by atoms with van der Waals surface area (Å²) in [6.45, 7) is 0. The van der Waals surface area contributed by atoms with Gasteiger partial charge in [-0.2, -0.15) is 0 Å². The smallest absolute Gasteiger partial charge is 0.230 e. The summed E-state index contributed by atoms with van der Waals surface area (Å²) < 4.78 is 15.9. The number of carbonyl (C=O) groups excluding carboxylic acids is 1. The van der Waals surface area contributed by atoms with Gasteiger partial charge in [0.15, 0.2) is 5.11 Å². The number of fused-ring (bicyclic) bond motifs is 1. The van der Waals surface area contributed by atoms with Crippen molar-refractivity contribution in [1.29, 1.82) is 0 Å². The topological polar surface area (TPSA) is 57.3 Å². The van der Waals surface area contributed by atoms with Crippen molar-refractivity contribution in [2.75, 3.05) is 17.3 Å². The molecule has 0 fully saturated rings. The van der Waals surface area contributed by atoms with Crippen LogP contribution in [0.15, 0.2) is 72.2 Å². The van der Waals surface area contributed by atoms with Crippen LogP contribution in [0.4, 0.5) is 21.5 Å². The lowest BCUT2D eigenvalue weighted by Crippen LogP contribution is -2.35. The Hall–Kier alpha value is -3.36. The Morgan fingerprint density at radius 1 is 1.13 bits per heavy atom. The molecule has 0 unspecified atom stereocenters. The highest BCUT2D eigenvalue weighted by atomic mass is 32.1. The van der Waals surface area contributed by atoms with Crippen LogP contribution in [0.1, 0.15) is 5.56 Å². The number of pyridine rings is 1. The number of anilines is 3. The van der Waals surface area contributed by atoms with Crippen molar-refractivity contribution in [1.82, 2.24) is 10.3 Å². The first-order valence-electron chi connectivity index (χ1n) is 9.51. The Kier molecular flexibility index (Phi) is 6.20. The van der Waals surface area contributed by atoms with Crippen molar-refractivity contribution in [3.63, 3.8) is 0 Å². The number of thiocarbonyl (C=S) groups is 1. The summed E-state index contributed by atoms with van der Waals surface area (Å²) in [5, 5.41) is 7.57. The van der Waals surface area contributed by atoms with E-state index in [0.29, 0.717) is 11.4 Å². The van der Waals surface area contributed by atoms with E-state index in [1.807, 2.05) is 54.9 Å². The molecule has 4 aromatic rings. The molecule has 156 valence electrons. The predicted molar refractivity (Wildman–Crippen MR) is 129 cm³/mol. The number of rotatable bonds is 5. The highest BCUT2D eigenvalue weighted by Gasteiger charge is 2.14. The largest absolute Gasteiger partial charge is 0.341 e. The standard InChI is InChI=1S/C23H19FN4OS2/c1-28(20-9-11-25-18-10-12-31-22(18)20)19-8-7-16(14-17(19)24)26-23(30)27-21(29)13-15-5-3-2-4-6-15/h2-12,14H,13H2,1H3,(H2,26,27,29,30). The van der Waals surface area contributed by atoms with Gasteiger partial charge >= 0.3 is 0 Å². The van der Waals surface area contributed by atoms with E-state index in [9.17, 15) is 9.18 Å². The van der Waals surface area contributed by atoms with Crippen molar-refractivity contribution in [3.05, 3.63) is 83.6 Å². The molecule has 8 heteroatoms. The molecule has 2 aromatic carbocycles. The van der Waals surface area contributed by atoms with Crippen LogP contribution in [-0.4, -0.2) is 23.1 Å². The monoisotopic (exact) mass is 450 g/mol. The van der Waals surface area contributed by atoms with E-state index < -0.39 is 5.82 Å². The van der Waals surface area contributed by atoms with E-state index in [-0.39, 0.29) is 17.4 Å². The van der Waals surface area contributed by atoms with Crippen LogP contribution in [0, 0.1) is 5.82 Å². The molecule has 0 saturated heterocycles. The number of carbonyl (C=O) groups is 1. The maximum atomic E-state index is 14.9. The molecule has 0 radical (unpaired) electrons. The Bertz CT molecular complexity index is 1240. The van der Waals surface area contributed by atoms with Crippen molar-refractivity contribution >= 4 is 61.9 Å². The van der Waals surface area contributed by atoms with E-state index in [2.05, 4.69) is 15.6 Å². The lowest BCUT2D eigenvalue weighted by atomic mass is 10.1. The van der Waals surface area contributed by atoms with Crippen molar-refractivity contribution < 1.29 is 9.18 Å². The van der Waals surface area contributed by atoms with Gasteiger partial charge in [-0.1, -0.05) is 30.3 Å². The lowest BCUT2D eigenvalue weighted by molar-refractivity contribution is -0.119. The molecule has 4 rings (SSSR count). The lowest BCUT2D eigenvalue weighted by Gasteiger charge is -2.21. The first-order chi connectivity index (χ1) is 15.0. The van der Waals surface area contributed by atoms with Crippen molar-refractivity contribution in [2.45, 2.75) is 6.42 Å². The molecule has 31 heavy (non-hydrogen) atoms. The predicted octanol–water partition coefficient (Wildman–Crippen LogP) is 5.26. The van der Waals surface area contributed by atoms with Crippen LogP contribution in [-0.2, 0) is 11.2 Å². The van der Waals surface area contributed by atoms with Crippen LogP contribution < -0.4 is 15.5 Å². The van der Waals surface area contributed by atoms with Crippen LogP contribution in [0.25, 0.3) is 10.2 Å². The summed E-state index contributed by atoms with van der Waals surface area (Å²) >= 11 is 6.76. The van der Waals surface area contributed by atoms with Gasteiger partial charge in [0.2, 0.25) is 5.91 Å². The third-order valence-corrected chi connectivity index (χ3v) is 5.84. The minimum atomic E-state index is -0.410. The van der Waals surface area contributed by atoms with Gasteiger partial charge in [-0.15, -0.1) is 11.3 Å². The molecular weight excluding hydrogens is 431 g/mol. The van der Waals surface area contributed by atoms with Crippen molar-refractivity contribution in [3.8, 4) is 0 Å². The van der Waals surface area contributed by atoms with E-state index in [0.717, 1.165) is 21.5 Å². The summed E-state index contributed by atoms with van der Waals surface area (Å²) in [4.78, 5) is 18.3. The quantitative estimate of drug-likeness (QED) is 0.406. The Balaban J connectivity index is 1.43. The second kappa shape index (κ2) is 9.20. The van der Waals surface area contributed by atoms with Gasteiger partial charge < -0.3 is 15.5 Å². The van der Waals surface area contributed by atoms with Crippen LogP contribution >= 0.6 is 23.6 Å². The van der Waals surface area contributed by atoms with Gasteiger partial charge in [-0.25, -0.2) is 4.39 Å². The summed E-state index contributed by atoms with van der Waals surface area (Å²) in [5.74, 6) is -0.648. The Morgan fingerprint density at radius 3 is 2.71 bits per heavy atom. The van der Waals surface area contributed by atoms with Gasteiger partial charge in [0.25, 0.3) is 0 Å². The SMILES string of the molecule is CN(c1ccc(NC(=S)NC(=O)Cc2ccccc2)cc1F)c1ccnc2ccsc12. The molecule has 2 heterocycles. The first-order valence-corrected chi connectivity index (χ1v) is 10.8. The van der Waals surface area contributed by atoms with Crippen LogP contribution in [0.3, 0.4) is 0 Å². The third kappa shape index (κ3) is 4.87. The van der Waals surface area contributed by atoms with Gasteiger partial charge in [0, 0.05) is 18.9 Å². The molecule has 0 bridgehead atoms. The molecule has 2 N–H and O–H groups in total. The fourth-order valence-corrected chi connectivity index (χ4v) is 4.36. The number of thiophene rings is 1. The van der Waals surface area contributed by atoms with E-state index in [4.69, 9.17) is 12.2 Å². The zero-order chi connectivity index (χ0) is 21.8. The number of hydrogen-bond donors (Lipinski definition) is 2. The van der Waals surface area contributed by atoms with Gasteiger partial charge in [0.05, 0.1) is 28.0 Å². The average molecular weight is 451 g/mol. The molecular formula is C23H19FN4OS2. The highest BCUT2D eigenvalue weighted by Crippen LogP contribution is 2.35. The molecule has 0 aliphatic carbocycles. The fourth-order valence-electron chi connectivity index (χ4n) is 3.22. The minimum absolute atomic E-state index is 0.121. The fraction of sp³-hybridized carbons (Fsp3) is 0.0870. The summed E-state index contributed by atoms with van der Waals surface area (Å²) in [5.41, 5.74) is 3.52. The number of amides is 1. The molecule has 0 saturated carbocycles. The van der Waals surface area contributed by atoms with Gasteiger partial charge in [-0.3, -0.25) is 9.78 Å². The summed E-state index contributed by atoms with van der Waals surface area (Å²) in [7, 11) is 1.81. The maximum absolute atomic E-state index is 14.9. The molecule has 0 aliphatic heterocycles. The third-order valence-electron chi connectivity index (χ3n) is 4.71. The second-order valence-corrected chi connectivity index (χ2v) is 8.18.